The molecule has 0 aliphatic heterocycles. The second-order valence-corrected chi connectivity index (χ2v) is 6.75. The maximum Gasteiger partial charge on any atom is 0.387 e. The van der Waals surface area contributed by atoms with Gasteiger partial charge < -0.3 is 4.74 Å². The smallest absolute Gasteiger partial charge is 0.387 e. The highest BCUT2D eigenvalue weighted by Crippen LogP contribution is 2.58. The van der Waals surface area contributed by atoms with Crippen LogP contribution in [0.1, 0.15) is 50.1 Å². The van der Waals surface area contributed by atoms with Crippen molar-refractivity contribution in [2.45, 2.75) is 57.0 Å². The van der Waals surface area contributed by atoms with E-state index in [0.717, 1.165) is 0 Å². The fraction of sp³-hybridized carbons (Fsp3) is 0.625. The molecule has 24 heavy (non-hydrogen) atoms. The van der Waals surface area contributed by atoms with Gasteiger partial charge in [0.1, 0.15) is 0 Å². The Balaban J connectivity index is 1.94. The van der Waals surface area contributed by atoms with Crippen molar-refractivity contribution in [3.8, 4) is 5.75 Å². The predicted molar refractivity (Wildman–Crippen MR) is 78.7 cm³/mol. The summed E-state index contributed by atoms with van der Waals surface area (Å²) in [6.07, 6.45) is 1.81. The molecule has 1 aromatic rings. The zero-order chi connectivity index (χ0) is 17.5. The van der Waals surface area contributed by atoms with Crippen molar-refractivity contribution < 1.29 is 27.1 Å². The highest BCUT2D eigenvalue weighted by atomic mass is 35.5. The highest BCUT2D eigenvalue weighted by molar-refractivity contribution is 6.30. The number of rotatable bonds is 3. The number of carbonyl (C=O) groups is 1. The van der Waals surface area contributed by atoms with E-state index in [2.05, 4.69) is 9.72 Å². The van der Waals surface area contributed by atoms with Crippen molar-refractivity contribution in [3.05, 3.63) is 23.0 Å². The maximum atomic E-state index is 14.0. The van der Waals surface area contributed by atoms with Crippen LogP contribution in [0.2, 0.25) is 5.15 Å². The highest BCUT2D eigenvalue weighted by Gasteiger charge is 2.60. The van der Waals surface area contributed by atoms with Crippen molar-refractivity contribution in [2.24, 2.45) is 5.41 Å². The Hall–Kier alpha value is -1.37. The predicted octanol–water partition coefficient (Wildman–Crippen LogP) is 4.98. The van der Waals surface area contributed by atoms with Crippen molar-refractivity contribution in [1.29, 1.82) is 0 Å². The molecular weight excluding hydrogens is 350 g/mol. The fourth-order valence-electron chi connectivity index (χ4n) is 4.10. The van der Waals surface area contributed by atoms with Gasteiger partial charge in [-0.15, -0.1) is 0 Å². The Morgan fingerprint density at radius 3 is 2.58 bits per heavy atom. The van der Waals surface area contributed by atoms with Gasteiger partial charge >= 0.3 is 12.5 Å². The van der Waals surface area contributed by atoms with Crippen LogP contribution < -0.4 is 4.74 Å². The molecule has 0 aromatic carbocycles. The molecule has 3 rings (SSSR count). The van der Waals surface area contributed by atoms with Gasteiger partial charge in [0.2, 0.25) is 5.78 Å². The lowest BCUT2D eigenvalue weighted by atomic mass is 9.64. The topological polar surface area (TPSA) is 39.2 Å². The molecule has 2 aliphatic rings. The lowest BCUT2D eigenvalue weighted by molar-refractivity contribution is -0.162. The van der Waals surface area contributed by atoms with Crippen LogP contribution in [-0.4, -0.2) is 23.3 Å². The fourth-order valence-corrected chi connectivity index (χ4v) is 4.31. The van der Waals surface area contributed by atoms with Crippen molar-refractivity contribution in [2.75, 3.05) is 0 Å². The number of alkyl halides is 4. The molecule has 132 valence electrons. The minimum atomic E-state index is -3.32. The van der Waals surface area contributed by atoms with Gasteiger partial charge in [0.15, 0.2) is 10.9 Å². The van der Waals surface area contributed by atoms with E-state index < -0.39 is 36.1 Å². The number of hydrogen-bond donors (Lipinski definition) is 0. The first-order chi connectivity index (χ1) is 11.3. The second kappa shape index (κ2) is 6.17. The average molecular weight is 366 g/mol. The number of halogens is 5. The van der Waals surface area contributed by atoms with Gasteiger partial charge in [-0.05, 0) is 37.8 Å². The van der Waals surface area contributed by atoms with Crippen LogP contribution >= 0.6 is 11.6 Å². The number of hydrogen-bond acceptors (Lipinski definition) is 3. The van der Waals surface area contributed by atoms with E-state index in [1.54, 1.807) is 0 Å². The molecule has 0 radical (unpaired) electrons. The molecule has 2 aliphatic carbocycles. The number of pyridine rings is 1. The maximum absolute atomic E-state index is 14.0. The van der Waals surface area contributed by atoms with E-state index in [1.807, 2.05) is 0 Å². The summed E-state index contributed by atoms with van der Waals surface area (Å²) in [4.78, 5) is 16.5. The molecular formula is C16H16ClF4NO2. The summed E-state index contributed by atoms with van der Waals surface area (Å²) >= 11 is 5.87. The quantitative estimate of drug-likeness (QED) is 0.560. The van der Waals surface area contributed by atoms with E-state index in [0.29, 0.717) is 31.4 Å². The molecule has 0 N–H and O–H groups in total. The van der Waals surface area contributed by atoms with E-state index in [4.69, 9.17) is 11.6 Å². The van der Waals surface area contributed by atoms with Gasteiger partial charge in [-0.25, -0.2) is 4.98 Å². The Kier molecular flexibility index (Phi) is 4.49. The number of Topliss-reactive ketones (excluding diaryl/α,β-unsaturated/α-hetero) is 1. The van der Waals surface area contributed by atoms with Gasteiger partial charge in [-0.2, -0.15) is 17.6 Å². The molecule has 0 saturated heterocycles. The third kappa shape index (κ3) is 2.87. The van der Waals surface area contributed by atoms with Crippen LogP contribution in [0.4, 0.5) is 17.6 Å². The third-order valence-electron chi connectivity index (χ3n) is 5.09. The van der Waals surface area contributed by atoms with Crippen LogP contribution in [0.15, 0.2) is 12.1 Å². The number of ether oxygens (including phenoxy) is 1. The molecule has 1 aromatic heterocycles. The number of nitrogens with zero attached hydrogens (tertiary/aromatic N) is 1. The third-order valence-corrected chi connectivity index (χ3v) is 5.36. The van der Waals surface area contributed by atoms with E-state index in [-0.39, 0.29) is 17.3 Å². The van der Waals surface area contributed by atoms with Gasteiger partial charge in [0.25, 0.3) is 0 Å². The molecule has 2 unspecified atom stereocenters. The Morgan fingerprint density at radius 2 is 1.92 bits per heavy atom. The zero-order valence-corrected chi connectivity index (χ0v) is 13.5. The van der Waals surface area contributed by atoms with Crippen LogP contribution in [0, 0.1) is 5.41 Å². The monoisotopic (exact) mass is 365 g/mol. The SMILES string of the molecule is O=C1C(F)(F)CCCC12CCCC2c1ccc(OC(F)F)c(Cl)n1. The molecule has 3 nitrogen and oxygen atoms in total. The molecule has 2 atom stereocenters. The van der Waals surface area contributed by atoms with Gasteiger partial charge in [-0.1, -0.05) is 18.0 Å². The Labute approximate surface area is 141 Å². The summed E-state index contributed by atoms with van der Waals surface area (Å²) in [5.41, 5.74) is -0.756. The van der Waals surface area contributed by atoms with Crippen LogP contribution in [-0.2, 0) is 4.79 Å². The zero-order valence-electron chi connectivity index (χ0n) is 12.7. The summed E-state index contributed by atoms with van der Waals surface area (Å²) in [6.45, 7) is -3.04. The molecule has 8 heteroatoms. The molecule has 2 saturated carbocycles. The molecule has 0 bridgehead atoms. The lowest BCUT2D eigenvalue weighted by Gasteiger charge is -2.40. The minimum absolute atomic E-state index is 0.259. The first-order valence-corrected chi connectivity index (χ1v) is 8.18. The van der Waals surface area contributed by atoms with Crippen LogP contribution in [0.25, 0.3) is 0 Å². The Bertz CT molecular complexity index is 655. The first-order valence-electron chi connectivity index (χ1n) is 7.80. The van der Waals surface area contributed by atoms with E-state index in [9.17, 15) is 22.4 Å². The van der Waals surface area contributed by atoms with Gasteiger partial charge in [-0.3, -0.25) is 4.79 Å². The first kappa shape index (κ1) is 17.5. The van der Waals surface area contributed by atoms with Gasteiger partial charge in [0, 0.05) is 23.4 Å². The average Bonchev–Trinajstić information content (AvgIpc) is 2.91. The number of aromatic nitrogens is 1. The summed E-state index contributed by atoms with van der Waals surface area (Å²) in [6, 6.07) is 2.68. The van der Waals surface area contributed by atoms with Crippen molar-refractivity contribution in [3.63, 3.8) is 0 Å². The van der Waals surface area contributed by atoms with Gasteiger partial charge in [0.05, 0.1) is 0 Å². The van der Waals surface area contributed by atoms with Crippen LogP contribution in [0.5, 0.6) is 5.75 Å². The number of carbonyl (C=O) groups excluding carboxylic acids is 1. The summed E-state index contributed by atoms with van der Waals surface area (Å²) in [5.74, 6) is -5.09. The van der Waals surface area contributed by atoms with Crippen molar-refractivity contribution >= 4 is 17.4 Å². The largest absolute Gasteiger partial charge is 0.432 e. The molecule has 2 fully saturated rings. The normalized spacial score (nSPS) is 29.4. The molecule has 1 heterocycles. The standard InChI is InChI=1S/C16H16ClF4NO2/c17-12-11(24-14(18)19)5-4-10(22-12)9-3-1-6-15(9)7-2-8-16(20,21)13(15)23/h4-5,9,14H,1-3,6-8H2. The number of ketones is 1. The van der Waals surface area contributed by atoms with Crippen molar-refractivity contribution in [1.82, 2.24) is 4.98 Å². The lowest BCUT2D eigenvalue weighted by Crippen LogP contribution is -2.48. The summed E-state index contributed by atoms with van der Waals surface area (Å²) in [5, 5.41) is -0.259. The summed E-state index contributed by atoms with van der Waals surface area (Å²) < 4.78 is 56.8. The van der Waals surface area contributed by atoms with E-state index in [1.165, 1.54) is 12.1 Å². The van der Waals surface area contributed by atoms with E-state index >= 15 is 0 Å². The second-order valence-electron chi connectivity index (χ2n) is 6.39. The molecule has 1 spiro atoms. The molecule has 0 amide bonds. The van der Waals surface area contributed by atoms with Crippen LogP contribution in [0.3, 0.4) is 0 Å². The summed E-state index contributed by atoms with van der Waals surface area (Å²) in [7, 11) is 0. The Morgan fingerprint density at radius 1 is 1.21 bits per heavy atom. The minimum Gasteiger partial charge on any atom is -0.432 e.